The summed E-state index contributed by atoms with van der Waals surface area (Å²) < 4.78 is 1.45. The number of carbonyl (C=O) groups is 1. The molecular formula is C25H20ClN5O2. The van der Waals surface area contributed by atoms with Crippen LogP contribution < -0.4 is 5.56 Å². The summed E-state index contributed by atoms with van der Waals surface area (Å²) in [4.78, 5) is 26.0. The number of benzene rings is 2. The van der Waals surface area contributed by atoms with Crippen molar-refractivity contribution in [1.29, 1.82) is 5.26 Å². The Hall–Kier alpha value is -3.89. The summed E-state index contributed by atoms with van der Waals surface area (Å²) in [5.41, 5.74) is 3.87. The number of rotatable bonds is 7. The molecule has 0 saturated carbocycles. The van der Waals surface area contributed by atoms with Crippen LogP contribution >= 0.6 is 11.6 Å². The SMILES string of the molecule is CCC(C(=O)Cc1ccc(C2=NN=NC2)cc1)n1ccc(-c2cc(Cl)ccc2C#N)cc1=O. The van der Waals surface area contributed by atoms with Crippen molar-refractivity contribution in [3.63, 3.8) is 0 Å². The van der Waals surface area contributed by atoms with Crippen molar-refractivity contribution in [2.24, 2.45) is 15.4 Å². The summed E-state index contributed by atoms with van der Waals surface area (Å²) in [7, 11) is 0. The summed E-state index contributed by atoms with van der Waals surface area (Å²) in [5, 5.41) is 21.3. The first kappa shape index (κ1) is 22.3. The molecule has 4 rings (SSSR count). The number of aromatic nitrogens is 1. The summed E-state index contributed by atoms with van der Waals surface area (Å²) in [5.74, 6) is -0.0521. The van der Waals surface area contributed by atoms with Gasteiger partial charge in [0.15, 0.2) is 5.78 Å². The third kappa shape index (κ3) is 4.81. The Kier molecular flexibility index (Phi) is 6.57. The van der Waals surface area contributed by atoms with Gasteiger partial charge in [-0.3, -0.25) is 9.59 Å². The lowest BCUT2D eigenvalue weighted by Gasteiger charge is -2.18. The van der Waals surface area contributed by atoms with Crippen molar-refractivity contribution >= 4 is 23.1 Å². The van der Waals surface area contributed by atoms with Gasteiger partial charge in [-0.1, -0.05) is 42.8 Å². The van der Waals surface area contributed by atoms with E-state index in [4.69, 9.17) is 11.6 Å². The number of Topliss-reactive ketones (excluding diaryl/α,β-unsaturated/α-hetero) is 1. The molecule has 0 radical (unpaired) electrons. The van der Waals surface area contributed by atoms with Gasteiger partial charge in [-0.05, 0) is 52.6 Å². The first-order valence-electron chi connectivity index (χ1n) is 10.5. The van der Waals surface area contributed by atoms with E-state index in [1.807, 2.05) is 31.2 Å². The van der Waals surface area contributed by atoms with E-state index in [0.29, 0.717) is 34.7 Å². The molecule has 33 heavy (non-hydrogen) atoms. The number of hydrogen-bond acceptors (Lipinski definition) is 6. The highest BCUT2D eigenvalue weighted by molar-refractivity contribution is 6.30. The molecule has 1 aromatic heterocycles. The first-order valence-corrected chi connectivity index (χ1v) is 10.9. The fourth-order valence-corrected chi connectivity index (χ4v) is 4.02. The second-order valence-corrected chi connectivity index (χ2v) is 8.10. The molecule has 0 spiro atoms. The molecule has 8 heteroatoms. The predicted octanol–water partition coefficient (Wildman–Crippen LogP) is 4.97. The maximum Gasteiger partial charge on any atom is 0.251 e. The molecule has 2 aromatic carbocycles. The van der Waals surface area contributed by atoms with Gasteiger partial charge in [0.2, 0.25) is 0 Å². The molecule has 1 unspecified atom stereocenters. The highest BCUT2D eigenvalue weighted by Gasteiger charge is 2.20. The normalized spacial score (nSPS) is 13.4. The number of carbonyl (C=O) groups excluding carboxylic acids is 1. The van der Waals surface area contributed by atoms with Gasteiger partial charge in [-0.2, -0.15) is 10.4 Å². The summed E-state index contributed by atoms with van der Waals surface area (Å²) in [6, 6.07) is 17.2. The van der Waals surface area contributed by atoms with Gasteiger partial charge in [0, 0.05) is 29.3 Å². The standard InChI is InChI=1S/C25H20ClN5O2/c1-2-23(24(32)11-16-3-5-17(6-4-16)22-15-28-30-29-22)31-10-9-18(12-25(31)33)21-13-20(26)8-7-19(21)14-27/h3-10,12-13,23H,2,11,15H2,1H3. The Balaban J connectivity index is 1.55. The van der Waals surface area contributed by atoms with E-state index in [-0.39, 0.29) is 17.8 Å². The number of nitrogens with zero attached hydrogens (tertiary/aromatic N) is 5. The van der Waals surface area contributed by atoms with E-state index in [9.17, 15) is 14.9 Å². The van der Waals surface area contributed by atoms with Crippen molar-refractivity contribution < 1.29 is 4.79 Å². The molecule has 0 bridgehead atoms. The Labute approximate surface area is 195 Å². The maximum absolute atomic E-state index is 13.1. The lowest BCUT2D eigenvalue weighted by molar-refractivity contribution is -0.121. The van der Waals surface area contributed by atoms with Gasteiger partial charge in [0.1, 0.15) is 6.54 Å². The topological polar surface area (TPSA) is 99.9 Å². The third-order valence-corrected chi connectivity index (χ3v) is 5.81. The van der Waals surface area contributed by atoms with Crippen LogP contribution in [0.15, 0.2) is 81.0 Å². The van der Waals surface area contributed by atoms with Crippen molar-refractivity contribution in [2.45, 2.75) is 25.8 Å². The predicted molar refractivity (Wildman–Crippen MR) is 127 cm³/mol. The van der Waals surface area contributed by atoms with Crippen molar-refractivity contribution in [2.75, 3.05) is 6.54 Å². The number of pyridine rings is 1. The van der Waals surface area contributed by atoms with Crippen molar-refractivity contribution in [1.82, 2.24) is 4.57 Å². The Morgan fingerprint density at radius 3 is 2.58 bits per heavy atom. The molecular weight excluding hydrogens is 438 g/mol. The molecule has 1 aliphatic rings. The molecule has 2 heterocycles. The summed E-state index contributed by atoms with van der Waals surface area (Å²) in [6.45, 7) is 2.34. The quantitative estimate of drug-likeness (QED) is 0.500. The van der Waals surface area contributed by atoms with Crippen LogP contribution in [0.1, 0.15) is 36.1 Å². The monoisotopic (exact) mass is 457 g/mol. The lowest BCUT2D eigenvalue weighted by Crippen LogP contribution is -2.29. The van der Waals surface area contributed by atoms with Crippen LogP contribution in [0.25, 0.3) is 11.1 Å². The molecule has 1 aliphatic heterocycles. The van der Waals surface area contributed by atoms with Gasteiger partial charge < -0.3 is 4.57 Å². The second-order valence-electron chi connectivity index (χ2n) is 7.66. The molecule has 0 aliphatic carbocycles. The van der Waals surface area contributed by atoms with Crippen molar-refractivity contribution in [3.05, 3.63) is 92.9 Å². The fraction of sp³-hybridized carbons (Fsp3) is 0.200. The zero-order chi connectivity index (χ0) is 23.4. The summed E-state index contributed by atoms with van der Waals surface area (Å²) >= 11 is 6.08. The van der Waals surface area contributed by atoms with E-state index in [1.165, 1.54) is 10.6 Å². The molecule has 0 fully saturated rings. The minimum Gasteiger partial charge on any atom is -0.305 e. The van der Waals surface area contributed by atoms with Gasteiger partial charge in [0.05, 0.1) is 23.4 Å². The number of nitriles is 1. The van der Waals surface area contributed by atoms with Crippen LogP contribution in [0.3, 0.4) is 0 Å². The van der Waals surface area contributed by atoms with Gasteiger partial charge in [-0.15, -0.1) is 5.10 Å². The first-order chi connectivity index (χ1) is 16.0. The molecule has 7 nitrogen and oxygen atoms in total. The average molecular weight is 458 g/mol. The van der Waals surface area contributed by atoms with Gasteiger partial charge in [0.25, 0.3) is 5.56 Å². The van der Waals surface area contributed by atoms with Crippen LogP contribution in [0.4, 0.5) is 0 Å². The number of hydrogen-bond donors (Lipinski definition) is 0. The van der Waals surface area contributed by atoms with Crippen molar-refractivity contribution in [3.8, 4) is 17.2 Å². The van der Waals surface area contributed by atoms with Crippen LogP contribution in [0.5, 0.6) is 0 Å². The second kappa shape index (κ2) is 9.72. The lowest BCUT2D eigenvalue weighted by atomic mass is 9.99. The summed E-state index contributed by atoms with van der Waals surface area (Å²) in [6.07, 6.45) is 2.30. The molecule has 0 saturated heterocycles. The van der Waals surface area contributed by atoms with Crippen LogP contribution in [0, 0.1) is 11.3 Å². The van der Waals surface area contributed by atoms with E-state index in [0.717, 1.165) is 16.8 Å². The number of ketones is 1. The Morgan fingerprint density at radius 1 is 1.15 bits per heavy atom. The molecule has 3 aromatic rings. The fourth-order valence-electron chi connectivity index (χ4n) is 3.85. The Morgan fingerprint density at radius 2 is 1.94 bits per heavy atom. The van der Waals surface area contributed by atoms with Crippen LogP contribution in [0.2, 0.25) is 5.02 Å². The molecule has 0 amide bonds. The minimum atomic E-state index is -0.585. The van der Waals surface area contributed by atoms with E-state index in [1.54, 1.807) is 30.5 Å². The highest BCUT2D eigenvalue weighted by Crippen LogP contribution is 2.26. The van der Waals surface area contributed by atoms with Gasteiger partial charge in [-0.25, -0.2) is 0 Å². The minimum absolute atomic E-state index is 0.0521. The zero-order valence-corrected chi connectivity index (χ0v) is 18.7. The molecule has 164 valence electrons. The maximum atomic E-state index is 13.1. The van der Waals surface area contributed by atoms with Gasteiger partial charge >= 0.3 is 0 Å². The highest BCUT2D eigenvalue weighted by atomic mass is 35.5. The van der Waals surface area contributed by atoms with E-state index in [2.05, 4.69) is 21.5 Å². The number of halogens is 1. The van der Waals surface area contributed by atoms with Crippen LogP contribution in [-0.2, 0) is 11.2 Å². The molecule has 0 N–H and O–H groups in total. The average Bonchev–Trinajstić information content (AvgIpc) is 3.36. The van der Waals surface area contributed by atoms with E-state index >= 15 is 0 Å². The Bertz CT molecular complexity index is 1370. The molecule has 1 atom stereocenters. The third-order valence-electron chi connectivity index (χ3n) is 5.57. The van der Waals surface area contributed by atoms with Crippen LogP contribution in [-0.4, -0.2) is 22.6 Å². The largest absolute Gasteiger partial charge is 0.305 e. The smallest absolute Gasteiger partial charge is 0.251 e. The van der Waals surface area contributed by atoms with E-state index < -0.39 is 6.04 Å². The zero-order valence-electron chi connectivity index (χ0n) is 17.9.